The van der Waals surface area contributed by atoms with Gasteiger partial charge in [-0.3, -0.25) is 19.9 Å². The number of rotatable bonds is 9. The largest absolute Gasteiger partial charge is 0.353 e. The summed E-state index contributed by atoms with van der Waals surface area (Å²) in [5.74, 6) is 0.397. The number of hydrogen-bond donors (Lipinski definition) is 1. The zero-order valence-electron chi connectivity index (χ0n) is 19.7. The third-order valence-corrected chi connectivity index (χ3v) is 9.96. The number of aliphatic imine (C=N–C) groups is 1. The van der Waals surface area contributed by atoms with Crippen molar-refractivity contribution < 1.29 is 9.72 Å². The van der Waals surface area contributed by atoms with Crippen LogP contribution in [0.5, 0.6) is 0 Å². The molecule has 2 heterocycles. The highest BCUT2D eigenvalue weighted by Gasteiger charge is 2.23. The molecule has 0 spiro atoms. The second-order valence-electron chi connectivity index (χ2n) is 8.55. The number of amides is 1. The van der Waals surface area contributed by atoms with Gasteiger partial charge in [0.1, 0.15) is 0 Å². The van der Waals surface area contributed by atoms with E-state index in [1.54, 1.807) is 12.3 Å². The molecular formula is C26H19N5O3S4. The number of para-hydroxylation sites is 1. The fourth-order valence-corrected chi connectivity index (χ4v) is 7.66. The quantitative estimate of drug-likeness (QED) is 0.0862. The molecular weight excluding hydrogens is 559 g/mol. The van der Waals surface area contributed by atoms with E-state index < -0.39 is 0 Å². The van der Waals surface area contributed by atoms with Gasteiger partial charge in [-0.1, -0.05) is 41.7 Å². The maximum Gasteiger partial charge on any atom is 0.283 e. The van der Waals surface area contributed by atoms with Crippen molar-refractivity contribution in [1.29, 1.82) is 0 Å². The summed E-state index contributed by atoms with van der Waals surface area (Å²) in [5.41, 5.74) is 3.11. The molecule has 2 aromatic heterocycles. The van der Waals surface area contributed by atoms with Gasteiger partial charge >= 0.3 is 0 Å². The van der Waals surface area contributed by atoms with E-state index in [2.05, 4.69) is 20.3 Å². The number of nitro benzene ring substituents is 1. The van der Waals surface area contributed by atoms with Crippen LogP contribution in [-0.2, 0) is 4.79 Å². The topological polar surface area (TPSA) is 110 Å². The first-order valence-electron chi connectivity index (χ1n) is 11.7. The van der Waals surface area contributed by atoms with Crippen LogP contribution in [-0.4, -0.2) is 38.8 Å². The van der Waals surface area contributed by atoms with Gasteiger partial charge in [-0.2, -0.15) is 0 Å². The molecule has 1 amide bonds. The van der Waals surface area contributed by atoms with Gasteiger partial charge in [0.25, 0.3) is 5.69 Å². The lowest BCUT2D eigenvalue weighted by Gasteiger charge is -2.02. The predicted octanol–water partition coefficient (Wildman–Crippen LogP) is 7.09. The Balaban J connectivity index is 1.16. The molecule has 1 fully saturated rings. The molecule has 0 aliphatic heterocycles. The van der Waals surface area contributed by atoms with Crippen LogP contribution in [0.15, 0.2) is 79.2 Å². The fraction of sp³-hybridized carbons (Fsp3) is 0.154. The number of nitrogens with one attached hydrogen (secondary N) is 1. The van der Waals surface area contributed by atoms with Crippen LogP contribution < -0.4 is 5.32 Å². The molecule has 190 valence electrons. The van der Waals surface area contributed by atoms with Crippen molar-refractivity contribution in [1.82, 2.24) is 15.3 Å². The summed E-state index contributed by atoms with van der Waals surface area (Å²) in [4.78, 5) is 37.6. The van der Waals surface area contributed by atoms with Crippen LogP contribution in [0.4, 0.5) is 11.4 Å². The number of fused-ring (bicyclic) bond motifs is 2. The number of carbonyl (C=O) groups is 1. The molecule has 1 N–H and O–H groups in total. The molecule has 5 aromatic rings. The maximum atomic E-state index is 12.0. The third kappa shape index (κ3) is 5.88. The summed E-state index contributed by atoms with van der Waals surface area (Å²) in [6, 6.07) is 18.9. The SMILES string of the molecule is O=C(CSc1nc2ccc(N=Cc3ccc(Sc4nc5ccccc5s4)c([N+](=O)[O-])c3)cc2s1)NC1CC1. The molecule has 12 heteroatoms. The van der Waals surface area contributed by atoms with Gasteiger partial charge in [0, 0.05) is 18.3 Å². The Morgan fingerprint density at radius 3 is 2.66 bits per heavy atom. The van der Waals surface area contributed by atoms with Gasteiger partial charge in [-0.25, -0.2) is 9.97 Å². The van der Waals surface area contributed by atoms with Gasteiger partial charge in [0.05, 0.1) is 41.7 Å². The zero-order valence-corrected chi connectivity index (χ0v) is 23.0. The Morgan fingerprint density at radius 2 is 1.84 bits per heavy atom. The second-order valence-corrected chi connectivity index (χ2v) is 13.1. The van der Waals surface area contributed by atoms with Crippen molar-refractivity contribution >= 4 is 90.1 Å². The molecule has 8 nitrogen and oxygen atoms in total. The van der Waals surface area contributed by atoms with Crippen molar-refractivity contribution in [3.05, 3.63) is 76.3 Å². The average molecular weight is 578 g/mol. The van der Waals surface area contributed by atoms with E-state index in [4.69, 9.17) is 0 Å². The minimum absolute atomic E-state index is 0.0171. The number of thiazole rings is 2. The maximum absolute atomic E-state index is 12.0. The van der Waals surface area contributed by atoms with E-state index in [0.717, 1.165) is 47.6 Å². The monoisotopic (exact) mass is 577 g/mol. The Labute approximate surface area is 233 Å². The summed E-state index contributed by atoms with van der Waals surface area (Å²) in [6.07, 6.45) is 3.77. The van der Waals surface area contributed by atoms with E-state index in [0.29, 0.717) is 22.3 Å². The number of carbonyl (C=O) groups excluding carboxylic acids is 1. The molecule has 0 bridgehead atoms. The summed E-state index contributed by atoms with van der Waals surface area (Å²) >= 11 is 5.76. The molecule has 0 unspecified atom stereocenters. The first-order valence-corrected chi connectivity index (χ1v) is 15.1. The Morgan fingerprint density at radius 1 is 1.05 bits per heavy atom. The van der Waals surface area contributed by atoms with Crippen LogP contribution in [0.25, 0.3) is 20.4 Å². The minimum Gasteiger partial charge on any atom is -0.353 e. The number of thioether (sulfide) groups is 1. The van der Waals surface area contributed by atoms with Crippen LogP contribution in [0.3, 0.4) is 0 Å². The molecule has 6 rings (SSSR count). The molecule has 3 aromatic carbocycles. The number of benzene rings is 3. The minimum atomic E-state index is -0.375. The third-order valence-electron chi connectivity index (χ3n) is 5.64. The Hall–Kier alpha value is -3.32. The highest BCUT2D eigenvalue weighted by atomic mass is 32.2. The van der Waals surface area contributed by atoms with Crippen molar-refractivity contribution in [3.8, 4) is 0 Å². The van der Waals surface area contributed by atoms with Crippen molar-refractivity contribution in [3.63, 3.8) is 0 Å². The lowest BCUT2D eigenvalue weighted by atomic mass is 10.2. The fourth-order valence-electron chi connectivity index (χ4n) is 3.64. The number of aromatic nitrogens is 2. The van der Waals surface area contributed by atoms with E-state index in [-0.39, 0.29) is 16.5 Å². The van der Waals surface area contributed by atoms with Gasteiger partial charge in [0.2, 0.25) is 5.91 Å². The second kappa shape index (κ2) is 10.8. The predicted molar refractivity (Wildman–Crippen MR) is 156 cm³/mol. The van der Waals surface area contributed by atoms with Crippen LogP contribution in [0.2, 0.25) is 0 Å². The summed E-state index contributed by atoms with van der Waals surface area (Å²) < 4.78 is 3.61. The lowest BCUT2D eigenvalue weighted by molar-refractivity contribution is -0.387. The van der Waals surface area contributed by atoms with E-state index >= 15 is 0 Å². The van der Waals surface area contributed by atoms with Crippen LogP contribution in [0, 0.1) is 10.1 Å². The highest BCUT2D eigenvalue weighted by Crippen LogP contribution is 2.39. The molecule has 0 saturated heterocycles. The normalized spacial score (nSPS) is 13.5. The van der Waals surface area contributed by atoms with Crippen molar-refractivity contribution in [2.45, 2.75) is 32.5 Å². The molecule has 0 radical (unpaired) electrons. The Bertz CT molecular complexity index is 1680. The molecule has 1 aliphatic rings. The van der Waals surface area contributed by atoms with Crippen LogP contribution >= 0.6 is 46.2 Å². The number of nitrogens with zero attached hydrogens (tertiary/aromatic N) is 4. The summed E-state index contributed by atoms with van der Waals surface area (Å²) in [6.45, 7) is 0. The molecule has 0 atom stereocenters. The van der Waals surface area contributed by atoms with E-state index in [9.17, 15) is 14.9 Å². The summed E-state index contributed by atoms with van der Waals surface area (Å²) in [7, 11) is 0. The zero-order chi connectivity index (χ0) is 26.1. The first kappa shape index (κ1) is 25.0. The number of hydrogen-bond acceptors (Lipinski definition) is 10. The average Bonchev–Trinajstić information content (AvgIpc) is 3.47. The highest BCUT2D eigenvalue weighted by molar-refractivity contribution is 8.01. The van der Waals surface area contributed by atoms with E-state index in [1.165, 1.54) is 52.3 Å². The Kier molecular flexibility index (Phi) is 7.11. The molecule has 1 saturated carbocycles. The van der Waals surface area contributed by atoms with E-state index in [1.807, 2.05) is 48.5 Å². The van der Waals surface area contributed by atoms with Gasteiger partial charge in [-0.05, 0) is 54.8 Å². The van der Waals surface area contributed by atoms with Crippen LogP contribution in [0.1, 0.15) is 18.4 Å². The van der Waals surface area contributed by atoms with Crippen molar-refractivity contribution in [2.24, 2.45) is 4.99 Å². The van der Waals surface area contributed by atoms with Gasteiger partial charge in [0.15, 0.2) is 8.68 Å². The van der Waals surface area contributed by atoms with Crippen molar-refractivity contribution in [2.75, 3.05) is 5.75 Å². The standard InChI is InChI=1S/C26H19N5O3S4/c32-24(28-16-6-7-16)14-35-25-29-19-9-8-17(12-23(19)38-25)27-13-15-5-10-22(20(11-15)31(33)34)37-26-30-18-3-1-2-4-21(18)36-26/h1-5,8-13,16H,6-7,14H2,(H,28,32). The smallest absolute Gasteiger partial charge is 0.283 e. The lowest BCUT2D eigenvalue weighted by Crippen LogP contribution is -2.26. The van der Waals surface area contributed by atoms with Gasteiger partial charge in [-0.15, -0.1) is 22.7 Å². The summed E-state index contributed by atoms with van der Waals surface area (Å²) in [5, 5.41) is 14.8. The first-order chi connectivity index (χ1) is 18.5. The molecule has 1 aliphatic carbocycles. The van der Waals surface area contributed by atoms with Gasteiger partial charge < -0.3 is 5.32 Å². The molecule has 38 heavy (non-hydrogen) atoms. The number of nitro groups is 1.